The number of hydrogen-bond donors (Lipinski definition) is 1. The number of nitrogens with one attached hydrogen (secondary N) is 1. The quantitative estimate of drug-likeness (QED) is 0.840. The van der Waals surface area contributed by atoms with E-state index in [-0.39, 0.29) is 0 Å². The molecule has 0 aliphatic rings. The predicted molar refractivity (Wildman–Crippen MR) is 62.7 cm³/mol. The molecule has 4 nitrogen and oxygen atoms in total. The predicted octanol–water partition coefficient (Wildman–Crippen LogP) is 1.41. The molecule has 0 amide bonds. The van der Waals surface area contributed by atoms with Crippen LogP contribution in [0.5, 0.6) is 0 Å². The molecule has 16 heavy (non-hydrogen) atoms. The third kappa shape index (κ3) is 2.90. The van der Waals surface area contributed by atoms with Crippen molar-refractivity contribution in [3.63, 3.8) is 0 Å². The van der Waals surface area contributed by atoms with Gasteiger partial charge < -0.3 is 5.32 Å². The Kier molecular flexibility index (Phi) is 3.31. The number of nitrogens with zero attached hydrogens (tertiary/aromatic N) is 3. The zero-order valence-corrected chi connectivity index (χ0v) is 9.64. The molecule has 0 saturated carbocycles. The summed E-state index contributed by atoms with van der Waals surface area (Å²) in [4.78, 5) is 4.25. The molecule has 0 unspecified atom stereocenters. The molecule has 2 rings (SSSR count). The minimum Gasteiger partial charge on any atom is -0.308 e. The van der Waals surface area contributed by atoms with E-state index in [1.807, 2.05) is 43.3 Å². The highest BCUT2D eigenvalue weighted by Crippen LogP contribution is 2.00. The Morgan fingerprint density at radius 1 is 1.19 bits per heavy atom. The van der Waals surface area contributed by atoms with E-state index in [0.717, 1.165) is 18.8 Å². The molecule has 4 heteroatoms. The molecule has 0 aromatic carbocycles. The summed E-state index contributed by atoms with van der Waals surface area (Å²) in [6, 6.07) is 4.12. The van der Waals surface area contributed by atoms with E-state index in [1.54, 1.807) is 0 Å². The molecule has 0 aliphatic carbocycles. The van der Waals surface area contributed by atoms with Crippen LogP contribution in [0.15, 0.2) is 30.7 Å². The number of aromatic nitrogens is 3. The number of aryl methyl sites for hydroxylation is 2. The fourth-order valence-corrected chi connectivity index (χ4v) is 1.52. The molecule has 1 N–H and O–H groups in total. The molecule has 0 bridgehead atoms. The van der Waals surface area contributed by atoms with Crippen molar-refractivity contribution in [1.29, 1.82) is 0 Å². The minimum absolute atomic E-state index is 0.835. The van der Waals surface area contributed by atoms with Crippen LogP contribution in [0.4, 0.5) is 0 Å². The van der Waals surface area contributed by atoms with E-state index in [0.29, 0.717) is 0 Å². The van der Waals surface area contributed by atoms with Crippen molar-refractivity contribution < 1.29 is 0 Å². The molecular weight excluding hydrogens is 200 g/mol. The van der Waals surface area contributed by atoms with Crippen LogP contribution >= 0.6 is 0 Å². The zero-order chi connectivity index (χ0) is 11.4. The molecule has 0 spiro atoms. The van der Waals surface area contributed by atoms with Gasteiger partial charge in [0.05, 0.1) is 6.20 Å². The Balaban J connectivity index is 1.82. The van der Waals surface area contributed by atoms with Crippen LogP contribution in [-0.4, -0.2) is 14.8 Å². The van der Waals surface area contributed by atoms with E-state index in [2.05, 4.69) is 21.5 Å². The summed E-state index contributed by atoms with van der Waals surface area (Å²) in [6.45, 7) is 3.66. The maximum Gasteiger partial charge on any atom is 0.0534 e. The molecule has 0 aliphatic heterocycles. The molecule has 2 aromatic heterocycles. The van der Waals surface area contributed by atoms with Gasteiger partial charge in [-0.15, -0.1) is 0 Å². The molecular formula is C12H16N4. The normalized spacial score (nSPS) is 10.6. The van der Waals surface area contributed by atoms with Crippen LogP contribution in [-0.2, 0) is 20.1 Å². The van der Waals surface area contributed by atoms with Gasteiger partial charge in [0.25, 0.3) is 0 Å². The second-order valence-electron chi connectivity index (χ2n) is 3.93. The van der Waals surface area contributed by atoms with E-state index in [9.17, 15) is 0 Å². The van der Waals surface area contributed by atoms with E-state index < -0.39 is 0 Å². The number of rotatable bonds is 4. The smallest absolute Gasteiger partial charge is 0.0534 e. The van der Waals surface area contributed by atoms with E-state index >= 15 is 0 Å². The molecule has 84 valence electrons. The second kappa shape index (κ2) is 4.90. The topological polar surface area (TPSA) is 42.7 Å². The van der Waals surface area contributed by atoms with Crippen molar-refractivity contribution in [1.82, 2.24) is 20.1 Å². The highest BCUT2D eigenvalue weighted by molar-refractivity contribution is 5.13. The van der Waals surface area contributed by atoms with Gasteiger partial charge in [-0.2, -0.15) is 5.10 Å². The van der Waals surface area contributed by atoms with Gasteiger partial charge in [0.1, 0.15) is 0 Å². The third-order valence-electron chi connectivity index (χ3n) is 2.39. The van der Waals surface area contributed by atoms with E-state index in [1.165, 1.54) is 11.1 Å². The minimum atomic E-state index is 0.835. The SMILES string of the molecule is Cc1ccc(CNCc2cnn(C)c2)cn1. The molecule has 0 atom stereocenters. The fourth-order valence-electron chi connectivity index (χ4n) is 1.52. The Labute approximate surface area is 95.3 Å². The van der Waals surface area contributed by atoms with Gasteiger partial charge in [0, 0.05) is 43.8 Å². The molecule has 2 aromatic rings. The van der Waals surface area contributed by atoms with Crippen molar-refractivity contribution in [3.05, 3.63) is 47.5 Å². The maximum absolute atomic E-state index is 4.25. The van der Waals surface area contributed by atoms with Crippen LogP contribution in [0.1, 0.15) is 16.8 Å². The van der Waals surface area contributed by atoms with Crippen molar-refractivity contribution in [2.75, 3.05) is 0 Å². The van der Waals surface area contributed by atoms with Crippen molar-refractivity contribution in [3.8, 4) is 0 Å². The van der Waals surface area contributed by atoms with Crippen LogP contribution in [0.2, 0.25) is 0 Å². The zero-order valence-electron chi connectivity index (χ0n) is 9.64. The monoisotopic (exact) mass is 216 g/mol. The summed E-state index contributed by atoms with van der Waals surface area (Å²) >= 11 is 0. The summed E-state index contributed by atoms with van der Waals surface area (Å²) in [5.74, 6) is 0. The third-order valence-corrected chi connectivity index (χ3v) is 2.39. The lowest BCUT2D eigenvalue weighted by Crippen LogP contribution is -2.12. The summed E-state index contributed by atoms with van der Waals surface area (Å²) in [5, 5.41) is 7.48. The van der Waals surface area contributed by atoms with Gasteiger partial charge >= 0.3 is 0 Å². The first-order valence-electron chi connectivity index (χ1n) is 5.34. The van der Waals surface area contributed by atoms with Crippen molar-refractivity contribution >= 4 is 0 Å². The summed E-state index contributed by atoms with van der Waals surface area (Å²) in [5.41, 5.74) is 3.45. The Morgan fingerprint density at radius 3 is 2.62 bits per heavy atom. The van der Waals surface area contributed by atoms with Crippen LogP contribution in [0, 0.1) is 6.92 Å². The number of pyridine rings is 1. The largest absolute Gasteiger partial charge is 0.308 e. The van der Waals surface area contributed by atoms with Gasteiger partial charge in [-0.25, -0.2) is 0 Å². The molecule has 0 fully saturated rings. The fraction of sp³-hybridized carbons (Fsp3) is 0.333. The Bertz CT molecular complexity index is 444. The lowest BCUT2D eigenvalue weighted by Gasteiger charge is -2.03. The summed E-state index contributed by atoms with van der Waals surface area (Å²) in [7, 11) is 1.92. The van der Waals surface area contributed by atoms with Gasteiger partial charge in [-0.3, -0.25) is 9.67 Å². The van der Waals surface area contributed by atoms with Gasteiger partial charge in [0.15, 0.2) is 0 Å². The first-order chi connectivity index (χ1) is 7.74. The van der Waals surface area contributed by atoms with Crippen LogP contribution in [0.3, 0.4) is 0 Å². The van der Waals surface area contributed by atoms with Gasteiger partial charge in [-0.1, -0.05) is 6.07 Å². The average Bonchev–Trinajstić information content (AvgIpc) is 2.67. The lowest BCUT2D eigenvalue weighted by molar-refractivity contribution is 0.689. The van der Waals surface area contributed by atoms with Crippen molar-refractivity contribution in [2.24, 2.45) is 7.05 Å². The first-order valence-corrected chi connectivity index (χ1v) is 5.34. The first kappa shape index (κ1) is 10.8. The Morgan fingerprint density at radius 2 is 2.00 bits per heavy atom. The highest BCUT2D eigenvalue weighted by atomic mass is 15.2. The summed E-state index contributed by atoms with van der Waals surface area (Å²) < 4.78 is 1.81. The average molecular weight is 216 g/mol. The highest BCUT2D eigenvalue weighted by Gasteiger charge is 1.96. The molecule has 0 radical (unpaired) electrons. The number of hydrogen-bond acceptors (Lipinski definition) is 3. The van der Waals surface area contributed by atoms with Gasteiger partial charge in [0.2, 0.25) is 0 Å². The maximum atomic E-state index is 4.25. The molecule has 0 saturated heterocycles. The molecule has 2 heterocycles. The van der Waals surface area contributed by atoms with Crippen LogP contribution < -0.4 is 5.32 Å². The Hall–Kier alpha value is -1.68. The standard InChI is InChI=1S/C12H16N4/c1-10-3-4-11(7-14-10)5-13-6-12-8-15-16(2)9-12/h3-4,7-9,13H,5-6H2,1-2H3. The second-order valence-corrected chi connectivity index (χ2v) is 3.93. The lowest BCUT2D eigenvalue weighted by atomic mass is 10.2. The van der Waals surface area contributed by atoms with E-state index in [4.69, 9.17) is 0 Å². The van der Waals surface area contributed by atoms with Crippen molar-refractivity contribution in [2.45, 2.75) is 20.0 Å². The van der Waals surface area contributed by atoms with Gasteiger partial charge in [-0.05, 0) is 18.6 Å². The summed E-state index contributed by atoms with van der Waals surface area (Å²) in [6.07, 6.45) is 5.80. The van der Waals surface area contributed by atoms with Crippen LogP contribution in [0.25, 0.3) is 0 Å².